The third-order valence-electron chi connectivity index (χ3n) is 3.68. The Morgan fingerprint density at radius 1 is 1.23 bits per heavy atom. The molecule has 3 nitrogen and oxygen atoms in total. The van der Waals surface area contributed by atoms with E-state index < -0.39 is 23.6 Å². The normalized spacial score (nSPS) is 17.9. The predicted molar refractivity (Wildman–Crippen MR) is 77.5 cm³/mol. The van der Waals surface area contributed by atoms with Crippen LogP contribution in [0.25, 0.3) is 0 Å². The van der Waals surface area contributed by atoms with Crippen molar-refractivity contribution in [3.8, 4) is 0 Å². The molecule has 126 valence electrons. The fraction of sp³-hybridized carbons (Fsp3) is 0.571. The van der Waals surface area contributed by atoms with Gasteiger partial charge in [-0.1, -0.05) is 12.1 Å². The van der Waals surface area contributed by atoms with E-state index in [1.165, 1.54) is 12.1 Å². The van der Waals surface area contributed by atoms with Crippen LogP contribution in [-0.2, 0) is 6.18 Å². The first-order valence-electron chi connectivity index (χ1n) is 6.86. The molecule has 0 aliphatic carbocycles. The van der Waals surface area contributed by atoms with Crippen molar-refractivity contribution in [3.05, 3.63) is 35.1 Å². The first kappa shape index (κ1) is 19.2. The minimum absolute atomic E-state index is 0. The highest BCUT2D eigenvalue weighted by Crippen LogP contribution is 2.39. The molecule has 1 aliphatic heterocycles. The molecule has 1 heterocycles. The molecule has 1 fully saturated rings. The number of hydrogen-bond acceptors (Lipinski definition) is 3. The van der Waals surface area contributed by atoms with Gasteiger partial charge in [-0.2, -0.15) is 13.2 Å². The standard InChI is InChI=1S/C14H18F4N2O.ClH/c15-11-3-1-2-10(13(11)14(16,17)18)12(4-9-21)20-7-5-19-6-8-20;/h1-3,12,19,21H,4-9H2;1H/t12-;/m0./s1. The van der Waals surface area contributed by atoms with Gasteiger partial charge in [0.25, 0.3) is 0 Å². The summed E-state index contributed by atoms with van der Waals surface area (Å²) in [6.45, 7) is 2.22. The molecule has 0 bridgehead atoms. The summed E-state index contributed by atoms with van der Waals surface area (Å²) in [4.78, 5) is 1.86. The zero-order valence-electron chi connectivity index (χ0n) is 11.9. The van der Waals surface area contributed by atoms with Gasteiger partial charge in [0.1, 0.15) is 5.82 Å². The van der Waals surface area contributed by atoms with E-state index in [4.69, 9.17) is 0 Å². The SMILES string of the molecule is Cl.OCC[C@@H](c1cccc(F)c1C(F)(F)F)N1CCNCC1. The van der Waals surface area contributed by atoms with Crippen LogP contribution in [0.2, 0.25) is 0 Å². The van der Waals surface area contributed by atoms with E-state index in [9.17, 15) is 22.7 Å². The van der Waals surface area contributed by atoms with Gasteiger partial charge in [-0.25, -0.2) is 4.39 Å². The molecule has 8 heteroatoms. The lowest BCUT2D eigenvalue weighted by Gasteiger charge is -2.36. The second kappa shape index (κ2) is 8.10. The van der Waals surface area contributed by atoms with Crippen molar-refractivity contribution in [2.24, 2.45) is 0 Å². The van der Waals surface area contributed by atoms with Gasteiger partial charge in [0.2, 0.25) is 0 Å². The van der Waals surface area contributed by atoms with Crippen LogP contribution in [0.3, 0.4) is 0 Å². The molecular weight excluding hydrogens is 324 g/mol. The minimum atomic E-state index is -4.75. The zero-order valence-corrected chi connectivity index (χ0v) is 12.7. The van der Waals surface area contributed by atoms with E-state index in [0.717, 1.165) is 6.07 Å². The van der Waals surface area contributed by atoms with E-state index in [2.05, 4.69) is 5.32 Å². The van der Waals surface area contributed by atoms with Crippen LogP contribution >= 0.6 is 12.4 Å². The summed E-state index contributed by atoms with van der Waals surface area (Å²) < 4.78 is 53.1. The topological polar surface area (TPSA) is 35.5 Å². The number of aliphatic hydroxyl groups is 1. The summed E-state index contributed by atoms with van der Waals surface area (Å²) in [7, 11) is 0. The fourth-order valence-electron chi connectivity index (χ4n) is 2.77. The summed E-state index contributed by atoms with van der Waals surface area (Å²) in [5.41, 5.74) is -1.32. The Hall–Kier alpha value is -0.890. The highest BCUT2D eigenvalue weighted by Gasteiger charge is 2.39. The maximum absolute atomic E-state index is 13.7. The average molecular weight is 343 g/mol. The second-order valence-electron chi connectivity index (χ2n) is 5.02. The molecule has 22 heavy (non-hydrogen) atoms. The molecule has 1 aromatic carbocycles. The molecule has 1 aromatic rings. The van der Waals surface area contributed by atoms with E-state index in [-0.39, 0.29) is 31.0 Å². The molecular formula is C14H19ClF4N2O. The molecule has 2 rings (SSSR count). The number of nitrogens with zero attached hydrogens (tertiary/aromatic N) is 1. The van der Waals surface area contributed by atoms with Gasteiger partial charge in [-0.05, 0) is 18.1 Å². The van der Waals surface area contributed by atoms with Crippen LogP contribution in [-0.4, -0.2) is 42.8 Å². The van der Waals surface area contributed by atoms with Gasteiger partial charge in [0.05, 0.1) is 5.56 Å². The van der Waals surface area contributed by atoms with Crippen LogP contribution < -0.4 is 5.32 Å². The predicted octanol–water partition coefficient (Wildman–Crippen LogP) is 2.60. The molecule has 1 aliphatic rings. The van der Waals surface area contributed by atoms with Crippen molar-refractivity contribution in [2.75, 3.05) is 32.8 Å². The number of aliphatic hydroxyl groups excluding tert-OH is 1. The third-order valence-corrected chi connectivity index (χ3v) is 3.68. The largest absolute Gasteiger partial charge is 0.419 e. The van der Waals surface area contributed by atoms with E-state index >= 15 is 0 Å². The first-order valence-corrected chi connectivity index (χ1v) is 6.86. The second-order valence-corrected chi connectivity index (χ2v) is 5.02. The van der Waals surface area contributed by atoms with Gasteiger partial charge >= 0.3 is 6.18 Å². The smallest absolute Gasteiger partial charge is 0.396 e. The lowest BCUT2D eigenvalue weighted by atomic mass is 9.95. The van der Waals surface area contributed by atoms with Crippen molar-refractivity contribution in [2.45, 2.75) is 18.6 Å². The Labute approximate surface area is 132 Å². The van der Waals surface area contributed by atoms with Crippen LogP contribution in [0.4, 0.5) is 17.6 Å². The quantitative estimate of drug-likeness (QED) is 0.826. The number of alkyl halides is 3. The Morgan fingerprint density at radius 3 is 2.41 bits per heavy atom. The van der Waals surface area contributed by atoms with Gasteiger partial charge in [-0.15, -0.1) is 12.4 Å². The van der Waals surface area contributed by atoms with E-state index in [0.29, 0.717) is 26.2 Å². The summed E-state index contributed by atoms with van der Waals surface area (Å²) in [6, 6.07) is 2.77. The fourth-order valence-corrected chi connectivity index (χ4v) is 2.77. The maximum atomic E-state index is 13.7. The molecule has 1 atom stereocenters. The van der Waals surface area contributed by atoms with Crippen molar-refractivity contribution in [1.82, 2.24) is 10.2 Å². The number of rotatable bonds is 4. The number of piperazine rings is 1. The van der Waals surface area contributed by atoms with Crippen LogP contribution in [0.15, 0.2) is 18.2 Å². The molecule has 0 radical (unpaired) electrons. The number of halogens is 5. The molecule has 0 unspecified atom stereocenters. The van der Waals surface area contributed by atoms with Crippen LogP contribution in [0.1, 0.15) is 23.6 Å². The zero-order chi connectivity index (χ0) is 15.5. The molecule has 0 aromatic heterocycles. The first-order chi connectivity index (χ1) is 9.95. The summed E-state index contributed by atoms with van der Waals surface area (Å²) >= 11 is 0. The van der Waals surface area contributed by atoms with Crippen molar-refractivity contribution >= 4 is 12.4 Å². The Kier molecular flexibility index (Phi) is 7.05. The Morgan fingerprint density at radius 2 is 1.86 bits per heavy atom. The number of hydrogen-bond donors (Lipinski definition) is 2. The van der Waals surface area contributed by atoms with Crippen LogP contribution in [0, 0.1) is 5.82 Å². The van der Waals surface area contributed by atoms with Crippen molar-refractivity contribution < 1.29 is 22.7 Å². The molecule has 1 saturated heterocycles. The van der Waals surface area contributed by atoms with Gasteiger partial charge < -0.3 is 10.4 Å². The highest BCUT2D eigenvalue weighted by molar-refractivity contribution is 5.85. The van der Waals surface area contributed by atoms with E-state index in [1.807, 2.05) is 4.90 Å². The summed E-state index contributed by atoms with van der Waals surface area (Å²) in [5, 5.41) is 12.3. The molecule has 0 amide bonds. The lowest BCUT2D eigenvalue weighted by Crippen LogP contribution is -2.45. The summed E-state index contributed by atoms with van der Waals surface area (Å²) in [5.74, 6) is -1.27. The van der Waals surface area contributed by atoms with Gasteiger partial charge in [-0.3, -0.25) is 4.90 Å². The van der Waals surface area contributed by atoms with Crippen LogP contribution in [0.5, 0.6) is 0 Å². The average Bonchev–Trinajstić information content (AvgIpc) is 2.44. The summed E-state index contributed by atoms with van der Waals surface area (Å²) in [6.07, 6.45) is -4.60. The van der Waals surface area contributed by atoms with Gasteiger partial charge in [0, 0.05) is 38.8 Å². The minimum Gasteiger partial charge on any atom is -0.396 e. The maximum Gasteiger partial charge on any atom is 0.419 e. The monoisotopic (exact) mass is 342 g/mol. The van der Waals surface area contributed by atoms with E-state index in [1.54, 1.807) is 0 Å². The number of nitrogens with one attached hydrogen (secondary N) is 1. The van der Waals surface area contributed by atoms with Crippen molar-refractivity contribution in [1.29, 1.82) is 0 Å². The van der Waals surface area contributed by atoms with Gasteiger partial charge in [0.15, 0.2) is 0 Å². The Bertz CT molecular complexity index is 478. The Balaban J connectivity index is 0.00000242. The van der Waals surface area contributed by atoms with Crippen molar-refractivity contribution in [3.63, 3.8) is 0 Å². The molecule has 0 saturated carbocycles. The number of benzene rings is 1. The third kappa shape index (κ3) is 4.32. The molecule has 0 spiro atoms. The lowest BCUT2D eigenvalue weighted by molar-refractivity contribution is -0.141. The molecule has 2 N–H and O–H groups in total. The highest BCUT2D eigenvalue weighted by atomic mass is 35.5.